The molecule has 2 heterocycles. The maximum absolute atomic E-state index is 13.7. The molecular weight excluding hydrogens is 480 g/mol. The van der Waals surface area contributed by atoms with Crippen molar-refractivity contribution >= 4 is 11.7 Å². The molecule has 0 spiro atoms. The lowest BCUT2D eigenvalue weighted by molar-refractivity contribution is -0.142. The van der Waals surface area contributed by atoms with Crippen molar-refractivity contribution in [3.05, 3.63) is 58.2 Å². The lowest BCUT2D eigenvalue weighted by atomic mass is 9.95. The number of carbonyl (C=O) groups is 1. The molecule has 13 heteroatoms. The summed E-state index contributed by atoms with van der Waals surface area (Å²) in [4.78, 5) is 12.4. The number of nitriles is 1. The number of ether oxygens (including phenoxy) is 1. The first-order chi connectivity index (χ1) is 16.4. The summed E-state index contributed by atoms with van der Waals surface area (Å²) in [6.45, 7) is 0. The number of nitrogens with zero attached hydrogens (tertiary/aromatic N) is 4. The molecule has 2 N–H and O–H groups in total. The Bertz CT molecular complexity index is 1360. The average molecular weight is 497 g/mol. The summed E-state index contributed by atoms with van der Waals surface area (Å²) in [5.74, 6) is -1.05. The molecule has 2 aromatic heterocycles. The van der Waals surface area contributed by atoms with E-state index < -0.39 is 35.3 Å². The largest absolute Gasteiger partial charge is 0.464 e. The molecule has 1 aliphatic rings. The highest BCUT2D eigenvalue weighted by Crippen LogP contribution is 2.39. The van der Waals surface area contributed by atoms with E-state index in [9.17, 15) is 36.4 Å². The molecule has 3 aromatic rings. The van der Waals surface area contributed by atoms with Gasteiger partial charge in [0.25, 0.3) is 0 Å². The van der Waals surface area contributed by atoms with Crippen LogP contribution in [0.3, 0.4) is 0 Å². The third-order valence-electron chi connectivity index (χ3n) is 5.78. The Kier molecular flexibility index (Phi) is 5.78. The fourth-order valence-electron chi connectivity index (χ4n) is 4.20. The molecule has 35 heavy (non-hydrogen) atoms. The quantitative estimate of drug-likeness (QED) is 0.413. The van der Waals surface area contributed by atoms with Crippen molar-refractivity contribution in [1.82, 2.24) is 14.3 Å². The van der Waals surface area contributed by atoms with Gasteiger partial charge in [0.15, 0.2) is 11.4 Å². The van der Waals surface area contributed by atoms with Crippen LogP contribution in [0.25, 0.3) is 11.4 Å². The fourth-order valence-corrected chi connectivity index (χ4v) is 4.20. The van der Waals surface area contributed by atoms with E-state index in [0.29, 0.717) is 25.0 Å². The molecule has 0 bridgehead atoms. The van der Waals surface area contributed by atoms with Crippen molar-refractivity contribution in [2.45, 2.75) is 38.0 Å². The third kappa shape index (κ3) is 4.09. The fraction of sp³-hybridized carbons (Fsp3) is 0.318. The van der Waals surface area contributed by atoms with Gasteiger partial charge in [-0.1, -0.05) is 0 Å². The zero-order valence-electron chi connectivity index (χ0n) is 18.1. The number of halogens is 6. The predicted octanol–water partition coefficient (Wildman–Crippen LogP) is 4.82. The number of fused-ring (bicyclic) bond motifs is 1. The number of methoxy groups -OCH3 is 1. The molecule has 4 rings (SSSR count). The molecular formula is C22H17F6N5O2. The minimum atomic E-state index is -4.81. The van der Waals surface area contributed by atoms with Gasteiger partial charge in [-0.15, -0.1) is 0 Å². The van der Waals surface area contributed by atoms with E-state index in [-0.39, 0.29) is 46.7 Å². The molecule has 1 aromatic carbocycles. The van der Waals surface area contributed by atoms with Gasteiger partial charge in [-0.3, -0.25) is 0 Å². The first kappa shape index (κ1) is 24.2. The summed E-state index contributed by atoms with van der Waals surface area (Å²) >= 11 is 0. The third-order valence-corrected chi connectivity index (χ3v) is 5.78. The van der Waals surface area contributed by atoms with Crippen LogP contribution in [0, 0.1) is 11.3 Å². The van der Waals surface area contributed by atoms with E-state index in [0.717, 1.165) is 28.6 Å². The van der Waals surface area contributed by atoms with E-state index in [1.165, 1.54) is 0 Å². The van der Waals surface area contributed by atoms with E-state index in [1.54, 1.807) is 6.07 Å². The number of rotatable bonds is 3. The van der Waals surface area contributed by atoms with E-state index in [4.69, 9.17) is 5.73 Å². The van der Waals surface area contributed by atoms with Crippen LogP contribution in [-0.2, 0) is 29.9 Å². The Morgan fingerprint density at radius 2 is 1.80 bits per heavy atom. The van der Waals surface area contributed by atoms with Crippen LogP contribution < -0.4 is 5.73 Å². The number of anilines is 1. The zero-order chi connectivity index (χ0) is 25.7. The maximum Gasteiger partial charge on any atom is 0.435 e. The lowest BCUT2D eigenvalue weighted by Gasteiger charge is -2.19. The number of nitrogen functional groups attached to an aromatic ring is 1. The van der Waals surface area contributed by atoms with E-state index >= 15 is 0 Å². The van der Waals surface area contributed by atoms with Gasteiger partial charge in [-0.05, 0) is 43.9 Å². The molecule has 0 saturated heterocycles. The van der Waals surface area contributed by atoms with Gasteiger partial charge >= 0.3 is 18.3 Å². The first-order valence-electron chi connectivity index (χ1n) is 10.3. The molecule has 0 fully saturated rings. The van der Waals surface area contributed by atoms with Gasteiger partial charge in [0.1, 0.15) is 6.07 Å². The molecule has 0 radical (unpaired) electrons. The van der Waals surface area contributed by atoms with Crippen LogP contribution in [0.5, 0.6) is 0 Å². The van der Waals surface area contributed by atoms with Crippen LogP contribution >= 0.6 is 0 Å². The van der Waals surface area contributed by atoms with Crippen molar-refractivity contribution in [3.63, 3.8) is 0 Å². The standard InChI is InChI=1S/C22H17F6N5O2/c1-35-20(34)18-17(30)11(9-29)10-32(18)16-8-12(21(23,24)25)6-7-15(16)33-14-5-3-2-4-13(14)19(31-33)22(26,27)28/h6-8,10H,2-5,30H2,1H3. The number of carbonyl (C=O) groups excluding carboxylic acids is 1. The summed E-state index contributed by atoms with van der Waals surface area (Å²) in [5.41, 5.74) is 2.30. The van der Waals surface area contributed by atoms with Crippen LogP contribution in [0.4, 0.5) is 32.0 Å². The summed E-state index contributed by atoms with van der Waals surface area (Å²) in [6.07, 6.45) is -7.15. The summed E-state index contributed by atoms with van der Waals surface area (Å²) in [6, 6.07) is 4.08. The Labute approximate surface area is 194 Å². The van der Waals surface area contributed by atoms with Crippen molar-refractivity contribution in [3.8, 4) is 17.4 Å². The molecule has 0 amide bonds. The lowest BCUT2D eigenvalue weighted by Crippen LogP contribution is -2.16. The van der Waals surface area contributed by atoms with Crippen LogP contribution in [-0.4, -0.2) is 27.4 Å². The minimum absolute atomic E-state index is 0.0208. The molecule has 0 unspecified atom stereocenters. The monoisotopic (exact) mass is 497 g/mol. The highest BCUT2D eigenvalue weighted by molar-refractivity contribution is 5.96. The SMILES string of the molecule is COC(=O)c1c(N)c(C#N)cn1-c1cc(C(F)(F)F)ccc1-n1nc(C(F)(F)F)c2c1CCCC2. The Hall–Kier alpha value is -3.95. The highest BCUT2D eigenvalue weighted by atomic mass is 19.4. The van der Waals surface area contributed by atoms with Gasteiger partial charge < -0.3 is 15.0 Å². The van der Waals surface area contributed by atoms with Gasteiger partial charge in [-0.25, -0.2) is 9.48 Å². The Morgan fingerprint density at radius 1 is 1.11 bits per heavy atom. The number of hydrogen-bond donors (Lipinski definition) is 1. The minimum Gasteiger partial charge on any atom is -0.464 e. The number of alkyl halides is 6. The molecule has 0 atom stereocenters. The predicted molar refractivity (Wildman–Crippen MR) is 110 cm³/mol. The number of aromatic nitrogens is 3. The van der Waals surface area contributed by atoms with Crippen molar-refractivity contribution < 1.29 is 35.9 Å². The maximum atomic E-state index is 13.7. The summed E-state index contributed by atoms with van der Waals surface area (Å²) in [5, 5.41) is 13.1. The molecule has 1 aliphatic carbocycles. The summed E-state index contributed by atoms with van der Waals surface area (Å²) in [7, 11) is 1.01. The molecule has 7 nitrogen and oxygen atoms in total. The Morgan fingerprint density at radius 3 is 2.40 bits per heavy atom. The average Bonchev–Trinajstić information content (AvgIpc) is 3.35. The van der Waals surface area contributed by atoms with E-state index in [1.807, 2.05) is 0 Å². The van der Waals surface area contributed by atoms with Gasteiger partial charge in [0.2, 0.25) is 0 Å². The topological polar surface area (TPSA) is 98.9 Å². The van der Waals surface area contributed by atoms with Crippen molar-refractivity contribution in [2.24, 2.45) is 0 Å². The number of benzene rings is 1. The van der Waals surface area contributed by atoms with Gasteiger partial charge in [0, 0.05) is 17.5 Å². The highest BCUT2D eigenvalue weighted by Gasteiger charge is 2.40. The van der Waals surface area contributed by atoms with Crippen LogP contribution in [0.1, 0.15) is 51.4 Å². The van der Waals surface area contributed by atoms with Crippen molar-refractivity contribution in [2.75, 3.05) is 12.8 Å². The number of hydrogen-bond acceptors (Lipinski definition) is 5. The Balaban J connectivity index is 2.08. The second-order valence-electron chi connectivity index (χ2n) is 7.87. The summed E-state index contributed by atoms with van der Waals surface area (Å²) < 4.78 is 88.4. The second-order valence-corrected chi connectivity index (χ2v) is 7.87. The van der Waals surface area contributed by atoms with Crippen molar-refractivity contribution in [1.29, 1.82) is 5.26 Å². The normalized spacial score (nSPS) is 13.9. The zero-order valence-corrected chi connectivity index (χ0v) is 18.1. The number of nitrogens with two attached hydrogens (primary N) is 1. The van der Waals surface area contributed by atoms with Gasteiger partial charge in [0.05, 0.1) is 35.3 Å². The number of esters is 1. The van der Waals surface area contributed by atoms with Crippen LogP contribution in [0.2, 0.25) is 0 Å². The molecule has 0 saturated carbocycles. The van der Waals surface area contributed by atoms with Gasteiger partial charge in [-0.2, -0.15) is 36.7 Å². The van der Waals surface area contributed by atoms with Crippen LogP contribution in [0.15, 0.2) is 24.4 Å². The van der Waals surface area contributed by atoms with E-state index in [2.05, 4.69) is 9.84 Å². The first-order valence-corrected chi connectivity index (χ1v) is 10.3. The molecule has 184 valence electrons. The second kappa shape index (κ2) is 8.37. The smallest absolute Gasteiger partial charge is 0.435 e. The molecule has 0 aliphatic heterocycles.